The van der Waals surface area contributed by atoms with Crippen molar-refractivity contribution >= 4 is 0 Å². The molecule has 0 fully saturated rings. The molecule has 0 saturated heterocycles. The minimum absolute atomic E-state index is 0.436. The summed E-state index contributed by atoms with van der Waals surface area (Å²) >= 11 is 0. The smallest absolute Gasteiger partial charge is 0.124 e. The largest absolute Gasteiger partial charge is 0.496 e. The Labute approximate surface area is 117 Å². The number of hydrogen-bond donors (Lipinski definition) is 1. The van der Waals surface area contributed by atoms with E-state index in [0.29, 0.717) is 18.5 Å². The molecule has 1 aromatic carbocycles. The van der Waals surface area contributed by atoms with Crippen LogP contribution in [0.5, 0.6) is 5.75 Å². The van der Waals surface area contributed by atoms with Gasteiger partial charge in [0.15, 0.2) is 0 Å². The van der Waals surface area contributed by atoms with Gasteiger partial charge in [0, 0.05) is 18.2 Å². The number of aliphatic hydroxyl groups is 1. The summed E-state index contributed by atoms with van der Waals surface area (Å²) in [5.74, 6) is 1.32. The monoisotopic (exact) mass is 265 g/mol. The van der Waals surface area contributed by atoms with E-state index in [9.17, 15) is 5.11 Å². The van der Waals surface area contributed by atoms with Crippen LogP contribution < -0.4 is 4.74 Å². The van der Waals surface area contributed by atoms with Gasteiger partial charge in [-0.1, -0.05) is 25.5 Å². The van der Waals surface area contributed by atoms with Gasteiger partial charge in [-0.05, 0) is 38.9 Å². The molecule has 0 amide bonds. The molecule has 0 heterocycles. The molecule has 2 atom stereocenters. The zero-order valence-electron chi connectivity index (χ0n) is 13.0. The van der Waals surface area contributed by atoms with Crippen molar-refractivity contribution in [2.24, 2.45) is 5.92 Å². The highest BCUT2D eigenvalue weighted by atomic mass is 16.5. The van der Waals surface area contributed by atoms with E-state index in [-0.39, 0.29) is 0 Å². The van der Waals surface area contributed by atoms with E-state index in [0.717, 1.165) is 16.9 Å². The topological polar surface area (TPSA) is 32.7 Å². The van der Waals surface area contributed by atoms with E-state index in [1.165, 1.54) is 0 Å². The van der Waals surface area contributed by atoms with Gasteiger partial charge >= 0.3 is 0 Å². The van der Waals surface area contributed by atoms with E-state index in [4.69, 9.17) is 4.74 Å². The molecule has 0 aromatic heterocycles. The summed E-state index contributed by atoms with van der Waals surface area (Å²) in [6.45, 7) is 9.21. The zero-order valence-corrected chi connectivity index (χ0v) is 13.0. The number of rotatable bonds is 6. The minimum atomic E-state index is -0.527. The number of methoxy groups -OCH3 is 1. The Bertz CT molecular complexity index is 404. The molecule has 3 heteroatoms. The van der Waals surface area contributed by atoms with Gasteiger partial charge in [0.1, 0.15) is 5.75 Å². The van der Waals surface area contributed by atoms with Crippen LogP contribution in [0.25, 0.3) is 0 Å². The van der Waals surface area contributed by atoms with Gasteiger partial charge in [-0.15, -0.1) is 0 Å². The van der Waals surface area contributed by atoms with Crippen LogP contribution in [0.15, 0.2) is 18.2 Å². The molecule has 0 aliphatic heterocycles. The summed E-state index contributed by atoms with van der Waals surface area (Å²) in [5, 5.41) is 10.4. The number of hydrogen-bond acceptors (Lipinski definition) is 3. The van der Waals surface area contributed by atoms with Crippen molar-refractivity contribution in [3.8, 4) is 5.75 Å². The van der Waals surface area contributed by atoms with Crippen molar-refractivity contribution in [3.63, 3.8) is 0 Å². The second kappa shape index (κ2) is 6.92. The van der Waals surface area contributed by atoms with Gasteiger partial charge in [-0.25, -0.2) is 0 Å². The molecular formula is C16H27NO2. The third kappa shape index (κ3) is 4.22. The van der Waals surface area contributed by atoms with Crippen LogP contribution in [-0.2, 0) is 0 Å². The third-order valence-corrected chi connectivity index (χ3v) is 3.87. The first kappa shape index (κ1) is 16.0. The fourth-order valence-electron chi connectivity index (χ4n) is 2.16. The predicted molar refractivity (Wildman–Crippen MR) is 79.6 cm³/mol. The van der Waals surface area contributed by atoms with Gasteiger partial charge in [0.2, 0.25) is 0 Å². The van der Waals surface area contributed by atoms with Crippen molar-refractivity contribution in [1.82, 2.24) is 4.90 Å². The Kier molecular flexibility index (Phi) is 5.83. The molecule has 0 radical (unpaired) electrons. The van der Waals surface area contributed by atoms with E-state index in [1.54, 1.807) is 7.11 Å². The van der Waals surface area contributed by atoms with Gasteiger partial charge in [-0.3, -0.25) is 0 Å². The van der Waals surface area contributed by atoms with Crippen LogP contribution in [0, 0.1) is 12.8 Å². The van der Waals surface area contributed by atoms with Crippen LogP contribution in [0.3, 0.4) is 0 Å². The number of aliphatic hydroxyl groups excluding tert-OH is 1. The zero-order chi connectivity index (χ0) is 14.6. The number of nitrogens with zero attached hydrogens (tertiary/aromatic N) is 1. The standard InChI is InChI=1S/C16H27NO2/c1-11(2)13(4)17(5)10-15(18)14-9-12(3)7-8-16(14)19-6/h7-9,11,13,15,18H,10H2,1-6H3. The molecule has 0 saturated carbocycles. The molecule has 0 bridgehead atoms. The number of aryl methyl sites for hydroxylation is 1. The highest BCUT2D eigenvalue weighted by Gasteiger charge is 2.19. The Morgan fingerprint density at radius 1 is 1.26 bits per heavy atom. The molecule has 0 aliphatic rings. The second-order valence-electron chi connectivity index (χ2n) is 5.69. The van der Waals surface area contributed by atoms with Crippen LogP contribution in [-0.4, -0.2) is 36.8 Å². The maximum atomic E-state index is 10.4. The maximum Gasteiger partial charge on any atom is 0.124 e. The van der Waals surface area contributed by atoms with Gasteiger partial charge in [0.05, 0.1) is 13.2 Å². The third-order valence-electron chi connectivity index (χ3n) is 3.87. The summed E-state index contributed by atoms with van der Waals surface area (Å²) in [5.41, 5.74) is 2.00. The number of ether oxygens (including phenoxy) is 1. The van der Waals surface area contributed by atoms with E-state index in [2.05, 4.69) is 32.7 Å². The molecule has 0 spiro atoms. The lowest BCUT2D eigenvalue weighted by molar-refractivity contribution is 0.0936. The number of likely N-dealkylation sites (N-methyl/N-ethyl adjacent to an activating group) is 1. The lowest BCUT2D eigenvalue weighted by atomic mass is 10.0. The Balaban J connectivity index is 2.83. The normalized spacial score (nSPS) is 14.8. The average molecular weight is 265 g/mol. The molecule has 108 valence electrons. The summed E-state index contributed by atoms with van der Waals surface area (Å²) < 4.78 is 5.33. The Hall–Kier alpha value is -1.06. The molecule has 1 aromatic rings. The van der Waals surface area contributed by atoms with Crippen molar-refractivity contribution in [3.05, 3.63) is 29.3 Å². The first-order valence-corrected chi connectivity index (χ1v) is 6.89. The molecule has 2 unspecified atom stereocenters. The van der Waals surface area contributed by atoms with E-state index in [1.807, 2.05) is 25.1 Å². The van der Waals surface area contributed by atoms with Crippen molar-refractivity contribution in [1.29, 1.82) is 0 Å². The average Bonchev–Trinajstić information content (AvgIpc) is 2.37. The minimum Gasteiger partial charge on any atom is -0.496 e. The van der Waals surface area contributed by atoms with E-state index < -0.39 is 6.10 Å². The van der Waals surface area contributed by atoms with Gasteiger partial charge < -0.3 is 14.7 Å². The van der Waals surface area contributed by atoms with E-state index >= 15 is 0 Å². The number of benzene rings is 1. The highest BCUT2D eigenvalue weighted by molar-refractivity contribution is 5.38. The predicted octanol–water partition coefficient (Wildman–Crippen LogP) is 3.01. The SMILES string of the molecule is COc1ccc(C)cc1C(O)CN(C)C(C)C(C)C. The highest BCUT2D eigenvalue weighted by Crippen LogP contribution is 2.27. The van der Waals surface area contributed by atoms with Crippen LogP contribution in [0.4, 0.5) is 0 Å². The summed E-state index contributed by atoms with van der Waals surface area (Å²) in [6, 6.07) is 6.34. The first-order valence-electron chi connectivity index (χ1n) is 6.89. The van der Waals surface area contributed by atoms with Crippen molar-refractivity contribution < 1.29 is 9.84 Å². The van der Waals surface area contributed by atoms with Gasteiger partial charge in [-0.2, -0.15) is 0 Å². The fraction of sp³-hybridized carbons (Fsp3) is 0.625. The summed E-state index contributed by atoms with van der Waals surface area (Å²) in [4.78, 5) is 2.19. The molecule has 1 N–H and O–H groups in total. The Morgan fingerprint density at radius 3 is 2.42 bits per heavy atom. The molecule has 0 aliphatic carbocycles. The van der Waals surface area contributed by atoms with Crippen molar-refractivity contribution in [2.75, 3.05) is 20.7 Å². The summed E-state index contributed by atoms with van der Waals surface area (Å²) in [6.07, 6.45) is -0.527. The fourth-order valence-corrected chi connectivity index (χ4v) is 2.16. The van der Waals surface area contributed by atoms with Crippen LogP contribution in [0.2, 0.25) is 0 Å². The lowest BCUT2D eigenvalue weighted by Crippen LogP contribution is -2.36. The molecule has 19 heavy (non-hydrogen) atoms. The summed E-state index contributed by atoms with van der Waals surface area (Å²) in [7, 11) is 3.69. The van der Waals surface area contributed by atoms with Gasteiger partial charge in [0.25, 0.3) is 0 Å². The molecule has 3 nitrogen and oxygen atoms in total. The molecular weight excluding hydrogens is 238 g/mol. The van der Waals surface area contributed by atoms with Crippen LogP contribution in [0.1, 0.15) is 38.0 Å². The maximum absolute atomic E-state index is 10.4. The Morgan fingerprint density at radius 2 is 1.89 bits per heavy atom. The lowest BCUT2D eigenvalue weighted by Gasteiger charge is -2.30. The van der Waals surface area contributed by atoms with Crippen LogP contribution >= 0.6 is 0 Å². The second-order valence-corrected chi connectivity index (χ2v) is 5.69. The quantitative estimate of drug-likeness (QED) is 0.858. The molecule has 1 rings (SSSR count). The first-order chi connectivity index (χ1) is 8.86. The van der Waals surface area contributed by atoms with Crippen molar-refractivity contribution in [2.45, 2.75) is 39.8 Å².